The molecule has 0 aromatic heterocycles. The van der Waals surface area contributed by atoms with E-state index in [2.05, 4.69) is 0 Å². The van der Waals surface area contributed by atoms with Gasteiger partial charge in [-0.05, 0) is 59.0 Å². The topological polar surface area (TPSA) is 42.0 Å². The average Bonchev–Trinajstić information content (AvgIpc) is 2.95. The first-order valence-corrected chi connectivity index (χ1v) is 8.87. The van der Waals surface area contributed by atoms with Crippen LogP contribution in [0.1, 0.15) is 53.4 Å². The number of allylic oxidation sites excluding steroid dienone is 1. The summed E-state index contributed by atoms with van der Waals surface area (Å²) in [6.45, 7) is 9.27. The van der Waals surface area contributed by atoms with Crippen molar-refractivity contribution in [3.8, 4) is 0 Å². The summed E-state index contributed by atoms with van der Waals surface area (Å²) in [6, 6.07) is 0.316. The SMILES string of the molecule is CN1CCN(C2CCC(=C(F)B3OC(C)(C)C(C)(C)O3)CC2)C1=O. The molecule has 7 heteroatoms. The molecular weight excluding hydrogens is 310 g/mol. The minimum atomic E-state index is -0.902. The summed E-state index contributed by atoms with van der Waals surface area (Å²) < 4.78 is 26.5. The summed E-state index contributed by atoms with van der Waals surface area (Å²) in [5.74, 6) is 0. The Labute approximate surface area is 144 Å². The van der Waals surface area contributed by atoms with Crippen molar-refractivity contribution >= 4 is 13.1 Å². The molecule has 1 aliphatic carbocycles. The molecule has 24 heavy (non-hydrogen) atoms. The van der Waals surface area contributed by atoms with Crippen molar-refractivity contribution < 1.29 is 18.5 Å². The van der Waals surface area contributed by atoms with Gasteiger partial charge in [-0.2, -0.15) is 0 Å². The minimum absolute atomic E-state index is 0.0962. The minimum Gasteiger partial charge on any atom is -0.398 e. The molecule has 0 radical (unpaired) electrons. The van der Waals surface area contributed by atoms with Crippen LogP contribution in [0.2, 0.25) is 0 Å². The van der Waals surface area contributed by atoms with E-state index >= 15 is 0 Å². The first-order chi connectivity index (χ1) is 11.1. The van der Waals surface area contributed by atoms with Crippen molar-refractivity contribution in [2.24, 2.45) is 0 Å². The Morgan fingerprint density at radius 1 is 1.12 bits per heavy atom. The molecule has 0 atom stereocenters. The highest BCUT2D eigenvalue weighted by atomic mass is 19.1. The van der Waals surface area contributed by atoms with Crippen LogP contribution in [-0.4, -0.2) is 60.3 Å². The number of urea groups is 1. The molecule has 0 N–H and O–H groups in total. The summed E-state index contributed by atoms with van der Waals surface area (Å²) in [5.41, 5.74) is -0.541. The molecule has 2 aliphatic heterocycles. The lowest BCUT2D eigenvalue weighted by atomic mass is 9.79. The first-order valence-electron chi connectivity index (χ1n) is 8.87. The molecular formula is C17H28BFN2O3. The van der Waals surface area contributed by atoms with Crippen molar-refractivity contribution in [1.29, 1.82) is 0 Å². The van der Waals surface area contributed by atoms with E-state index in [9.17, 15) is 9.18 Å². The fraction of sp³-hybridized carbons (Fsp3) is 0.824. The summed E-state index contributed by atoms with van der Waals surface area (Å²) in [6.07, 6.45) is 2.94. The van der Waals surface area contributed by atoms with Gasteiger partial charge < -0.3 is 19.1 Å². The average molecular weight is 338 g/mol. The van der Waals surface area contributed by atoms with Gasteiger partial charge in [-0.3, -0.25) is 0 Å². The van der Waals surface area contributed by atoms with Crippen LogP contribution >= 0.6 is 0 Å². The van der Waals surface area contributed by atoms with Crippen molar-refractivity contribution in [1.82, 2.24) is 9.80 Å². The first kappa shape index (κ1) is 17.7. The number of halogens is 1. The largest absolute Gasteiger partial charge is 0.525 e. The van der Waals surface area contributed by atoms with Gasteiger partial charge in [-0.25, -0.2) is 9.18 Å². The van der Waals surface area contributed by atoms with Crippen LogP contribution in [0.25, 0.3) is 0 Å². The van der Waals surface area contributed by atoms with Gasteiger partial charge in [0.25, 0.3) is 0 Å². The Hall–Kier alpha value is -1.08. The Kier molecular flexibility index (Phi) is 4.45. The normalized spacial score (nSPS) is 29.6. The highest BCUT2D eigenvalue weighted by Gasteiger charge is 2.53. The number of hydrogen-bond acceptors (Lipinski definition) is 3. The third-order valence-electron chi connectivity index (χ3n) is 6.05. The van der Waals surface area contributed by atoms with Gasteiger partial charge in [0, 0.05) is 26.2 Å². The molecule has 0 aromatic rings. The number of carbonyl (C=O) groups is 1. The lowest BCUT2D eigenvalue weighted by molar-refractivity contribution is 0.00578. The zero-order valence-corrected chi connectivity index (χ0v) is 15.4. The van der Waals surface area contributed by atoms with Gasteiger partial charge in [-0.1, -0.05) is 0 Å². The molecule has 3 aliphatic rings. The van der Waals surface area contributed by atoms with E-state index in [0.29, 0.717) is 12.8 Å². The van der Waals surface area contributed by atoms with Crippen LogP contribution < -0.4 is 0 Å². The standard InChI is InChI=1S/C17H28BFN2O3/c1-16(2)17(3,4)24-18(23-16)14(19)12-6-8-13(9-7-12)21-11-10-20(5)15(21)22/h13H,6-11H2,1-5H3. The van der Waals surface area contributed by atoms with Crippen LogP contribution in [0.4, 0.5) is 9.18 Å². The van der Waals surface area contributed by atoms with E-state index in [0.717, 1.165) is 31.5 Å². The van der Waals surface area contributed by atoms with Crippen molar-refractivity contribution in [3.05, 3.63) is 11.3 Å². The fourth-order valence-corrected chi connectivity index (χ4v) is 3.62. The van der Waals surface area contributed by atoms with Crippen LogP contribution in [-0.2, 0) is 9.31 Å². The predicted octanol–water partition coefficient (Wildman–Crippen LogP) is 3.15. The smallest absolute Gasteiger partial charge is 0.398 e. The lowest BCUT2D eigenvalue weighted by Gasteiger charge is -2.32. The van der Waals surface area contributed by atoms with E-state index in [1.54, 1.807) is 4.90 Å². The van der Waals surface area contributed by atoms with Gasteiger partial charge in [0.15, 0.2) is 0 Å². The van der Waals surface area contributed by atoms with Gasteiger partial charge >= 0.3 is 13.1 Å². The Balaban J connectivity index is 1.64. The molecule has 5 nitrogen and oxygen atoms in total. The van der Waals surface area contributed by atoms with Gasteiger partial charge in [-0.15, -0.1) is 0 Å². The number of rotatable bonds is 2. The molecule has 2 amide bonds. The van der Waals surface area contributed by atoms with Crippen molar-refractivity contribution in [2.75, 3.05) is 20.1 Å². The molecule has 3 fully saturated rings. The zero-order chi connectivity index (χ0) is 17.7. The van der Waals surface area contributed by atoms with Crippen molar-refractivity contribution in [2.45, 2.75) is 70.6 Å². The van der Waals surface area contributed by atoms with Gasteiger partial charge in [0.2, 0.25) is 0 Å². The van der Waals surface area contributed by atoms with E-state index in [-0.39, 0.29) is 17.8 Å². The zero-order valence-electron chi connectivity index (χ0n) is 15.4. The molecule has 2 heterocycles. The van der Waals surface area contributed by atoms with Gasteiger partial charge in [0.05, 0.1) is 11.2 Å². The van der Waals surface area contributed by atoms with E-state index in [4.69, 9.17) is 9.31 Å². The molecule has 0 bridgehead atoms. The second-order valence-electron chi connectivity index (χ2n) is 8.17. The Bertz CT molecular complexity index is 538. The Morgan fingerprint density at radius 2 is 1.67 bits per heavy atom. The summed E-state index contributed by atoms with van der Waals surface area (Å²) in [5, 5.41) is 0. The third-order valence-corrected chi connectivity index (χ3v) is 6.05. The number of amides is 2. The fourth-order valence-electron chi connectivity index (χ4n) is 3.62. The van der Waals surface area contributed by atoms with E-state index in [1.165, 1.54) is 0 Å². The molecule has 134 valence electrons. The number of carbonyl (C=O) groups excluding carboxylic acids is 1. The highest BCUT2D eigenvalue weighted by molar-refractivity contribution is 6.53. The maximum Gasteiger partial charge on any atom is 0.525 e. The number of likely N-dealkylation sites (N-methyl/N-ethyl adjacent to an activating group) is 1. The number of nitrogens with zero attached hydrogens (tertiary/aromatic N) is 2. The molecule has 2 saturated heterocycles. The van der Waals surface area contributed by atoms with Crippen LogP contribution in [0.5, 0.6) is 0 Å². The monoisotopic (exact) mass is 338 g/mol. The maximum absolute atomic E-state index is 14.9. The maximum atomic E-state index is 14.9. The van der Waals surface area contributed by atoms with E-state index in [1.807, 2.05) is 39.6 Å². The lowest BCUT2D eigenvalue weighted by Crippen LogP contribution is -2.41. The van der Waals surface area contributed by atoms with Crippen LogP contribution in [0.15, 0.2) is 11.3 Å². The summed E-state index contributed by atoms with van der Waals surface area (Å²) >= 11 is 0. The highest BCUT2D eigenvalue weighted by Crippen LogP contribution is 2.41. The quantitative estimate of drug-likeness (QED) is 0.727. The molecule has 1 saturated carbocycles. The summed E-state index contributed by atoms with van der Waals surface area (Å²) in [4.78, 5) is 15.8. The third kappa shape index (κ3) is 2.97. The predicted molar refractivity (Wildman–Crippen MR) is 91.2 cm³/mol. The van der Waals surface area contributed by atoms with E-state index < -0.39 is 18.3 Å². The molecule has 0 unspecified atom stereocenters. The summed E-state index contributed by atoms with van der Waals surface area (Å²) in [7, 11) is 0.926. The van der Waals surface area contributed by atoms with Gasteiger partial charge in [0.1, 0.15) is 5.73 Å². The Morgan fingerprint density at radius 3 is 2.12 bits per heavy atom. The molecule has 3 rings (SSSR count). The van der Waals surface area contributed by atoms with Crippen LogP contribution in [0.3, 0.4) is 0 Å². The second-order valence-corrected chi connectivity index (χ2v) is 8.17. The van der Waals surface area contributed by atoms with Crippen LogP contribution in [0, 0.1) is 0 Å². The molecule has 0 spiro atoms. The second kappa shape index (κ2) is 6.02. The molecule has 0 aromatic carbocycles. The number of hydrogen-bond donors (Lipinski definition) is 0. The van der Waals surface area contributed by atoms with Crippen molar-refractivity contribution in [3.63, 3.8) is 0 Å².